The number of likely N-dealkylation sites (tertiary alicyclic amines) is 1. The van der Waals surface area contributed by atoms with Crippen molar-refractivity contribution < 1.29 is 18.4 Å². The number of rotatable bonds is 3. The molecule has 4 rings (SSSR count). The number of amides is 1. The number of carbonyl (C=O) groups is 1. The lowest BCUT2D eigenvalue weighted by Crippen LogP contribution is -2.40. The summed E-state index contributed by atoms with van der Waals surface area (Å²) >= 11 is 1.56. The van der Waals surface area contributed by atoms with Gasteiger partial charge in [0, 0.05) is 24.9 Å². The zero-order chi connectivity index (χ0) is 17.6. The quantitative estimate of drug-likeness (QED) is 0.837. The molecule has 0 aliphatic carbocycles. The second-order valence-electron chi connectivity index (χ2n) is 6.41. The Balaban J connectivity index is 1.52. The second kappa shape index (κ2) is 5.91. The second-order valence-corrected chi connectivity index (χ2v) is 7.33. The van der Waals surface area contributed by atoms with Gasteiger partial charge in [-0.25, -0.2) is 8.78 Å². The van der Waals surface area contributed by atoms with E-state index in [9.17, 15) is 13.6 Å². The monoisotopic (exact) mass is 362 g/mol. The molecule has 0 radical (unpaired) electrons. The van der Waals surface area contributed by atoms with Crippen LogP contribution in [0.5, 0.6) is 0 Å². The average molecular weight is 362 g/mol. The maximum absolute atomic E-state index is 13.9. The molecule has 2 aromatic rings. The Morgan fingerprint density at radius 1 is 1.32 bits per heavy atom. The molecular weight excluding hydrogens is 346 g/mol. The molecule has 1 aromatic carbocycles. The Morgan fingerprint density at radius 2 is 2.08 bits per heavy atom. The van der Waals surface area contributed by atoms with Crippen molar-refractivity contribution in [2.45, 2.75) is 31.9 Å². The van der Waals surface area contributed by atoms with Crippen molar-refractivity contribution in [3.8, 4) is 0 Å². The van der Waals surface area contributed by atoms with Gasteiger partial charge in [-0.1, -0.05) is 11.2 Å². The summed E-state index contributed by atoms with van der Waals surface area (Å²) in [6.45, 7) is 2.28. The van der Waals surface area contributed by atoms with Crippen LogP contribution >= 0.6 is 11.3 Å². The highest BCUT2D eigenvalue weighted by molar-refractivity contribution is 7.12. The van der Waals surface area contributed by atoms with Gasteiger partial charge < -0.3 is 9.74 Å². The Bertz CT molecular complexity index is 859. The van der Waals surface area contributed by atoms with E-state index in [4.69, 9.17) is 4.84 Å². The maximum Gasteiger partial charge on any atom is 0.270 e. The lowest BCUT2D eigenvalue weighted by atomic mass is 9.94. The van der Waals surface area contributed by atoms with Crippen molar-refractivity contribution in [2.24, 2.45) is 5.16 Å². The van der Waals surface area contributed by atoms with E-state index in [1.807, 2.05) is 18.4 Å². The summed E-state index contributed by atoms with van der Waals surface area (Å²) in [7, 11) is 0. The molecule has 2 aliphatic rings. The largest absolute Gasteiger partial charge is 0.378 e. The third kappa shape index (κ3) is 2.63. The van der Waals surface area contributed by atoms with Crippen molar-refractivity contribution in [1.29, 1.82) is 0 Å². The van der Waals surface area contributed by atoms with Gasteiger partial charge in [-0.2, -0.15) is 0 Å². The molecule has 130 valence electrons. The number of hydrogen-bond donors (Lipinski definition) is 0. The van der Waals surface area contributed by atoms with Crippen LogP contribution in [0.3, 0.4) is 0 Å². The fraction of sp³-hybridized carbons (Fsp3) is 0.333. The minimum atomic E-state index is -1.03. The topological polar surface area (TPSA) is 41.9 Å². The summed E-state index contributed by atoms with van der Waals surface area (Å²) < 4.78 is 27.7. The summed E-state index contributed by atoms with van der Waals surface area (Å²) in [5.74, 6) is -1.55. The highest BCUT2D eigenvalue weighted by atomic mass is 32.1. The number of aryl methyl sites for hydroxylation is 1. The number of oxime groups is 1. The minimum absolute atomic E-state index is 0.0962. The SMILES string of the molecule is Cc1ccsc1C1=NOC2(CCN(Cc3c(F)cccc3F)C2=O)C1. The van der Waals surface area contributed by atoms with Gasteiger partial charge in [-0.15, -0.1) is 11.3 Å². The molecular formula is C18H16F2N2O2S. The number of carbonyl (C=O) groups excluding carboxylic acids is 1. The molecule has 1 atom stereocenters. The van der Waals surface area contributed by atoms with E-state index in [1.54, 1.807) is 11.3 Å². The van der Waals surface area contributed by atoms with Crippen LogP contribution in [-0.4, -0.2) is 28.7 Å². The Morgan fingerprint density at radius 3 is 2.76 bits per heavy atom. The van der Waals surface area contributed by atoms with E-state index < -0.39 is 17.2 Å². The lowest BCUT2D eigenvalue weighted by Gasteiger charge is -2.21. The first kappa shape index (κ1) is 16.2. The predicted octanol–water partition coefficient (Wildman–Crippen LogP) is 3.63. The fourth-order valence-corrected chi connectivity index (χ4v) is 4.26. The molecule has 2 aliphatic heterocycles. The van der Waals surface area contributed by atoms with Crippen LogP contribution in [0.15, 0.2) is 34.8 Å². The van der Waals surface area contributed by atoms with Gasteiger partial charge in [-0.3, -0.25) is 4.79 Å². The molecule has 1 unspecified atom stereocenters. The Kier molecular flexibility index (Phi) is 3.83. The summed E-state index contributed by atoms with van der Waals surface area (Å²) in [4.78, 5) is 20.9. The number of halogens is 2. The van der Waals surface area contributed by atoms with Crippen LogP contribution in [-0.2, 0) is 16.2 Å². The number of hydrogen-bond acceptors (Lipinski definition) is 4. The first-order valence-corrected chi connectivity index (χ1v) is 8.90. The summed E-state index contributed by atoms with van der Waals surface area (Å²) in [6, 6.07) is 5.70. The first-order valence-electron chi connectivity index (χ1n) is 8.02. The normalized spacial score (nSPS) is 22.6. The first-order chi connectivity index (χ1) is 12.0. The zero-order valence-electron chi connectivity index (χ0n) is 13.6. The molecule has 25 heavy (non-hydrogen) atoms. The van der Waals surface area contributed by atoms with Crippen LogP contribution < -0.4 is 0 Å². The molecule has 1 aromatic heterocycles. The molecule has 7 heteroatoms. The van der Waals surface area contributed by atoms with E-state index >= 15 is 0 Å². The molecule has 4 nitrogen and oxygen atoms in total. The van der Waals surface area contributed by atoms with E-state index in [0.29, 0.717) is 19.4 Å². The van der Waals surface area contributed by atoms with E-state index in [0.717, 1.165) is 16.2 Å². The van der Waals surface area contributed by atoms with Crippen molar-refractivity contribution in [3.05, 3.63) is 57.3 Å². The van der Waals surface area contributed by atoms with Crippen LogP contribution in [0.4, 0.5) is 8.78 Å². The average Bonchev–Trinajstić information content (AvgIpc) is 3.27. The Labute approximate surface area is 147 Å². The summed E-state index contributed by atoms with van der Waals surface area (Å²) in [5.41, 5.74) is 0.731. The van der Waals surface area contributed by atoms with E-state index in [-0.39, 0.29) is 18.0 Å². The number of benzene rings is 1. The third-order valence-electron chi connectivity index (χ3n) is 4.78. The van der Waals surface area contributed by atoms with Crippen LogP contribution in [0.25, 0.3) is 0 Å². The molecule has 1 spiro atoms. The van der Waals surface area contributed by atoms with E-state index in [2.05, 4.69) is 5.16 Å². The van der Waals surface area contributed by atoms with Crippen molar-refractivity contribution in [3.63, 3.8) is 0 Å². The molecule has 0 bridgehead atoms. The van der Waals surface area contributed by atoms with Gasteiger partial charge in [-0.05, 0) is 36.1 Å². The molecule has 0 N–H and O–H groups in total. The van der Waals surface area contributed by atoms with Gasteiger partial charge >= 0.3 is 0 Å². The number of nitrogens with zero attached hydrogens (tertiary/aromatic N) is 2. The molecule has 1 saturated heterocycles. The van der Waals surface area contributed by atoms with Crippen LogP contribution in [0, 0.1) is 18.6 Å². The molecule has 3 heterocycles. The van der Waals surface area contributed by atoms with Crippen LogP contribution in [0.1, 0.15) is 28.8 Å². The Hall–Kier alpha value is -2.28. The van der Waals surface area contributed by atoms with Crippen molar-refractivity contribution in [1.82, 2.24) is 4.90 Å². The number of thiophene rings is 1. The fourth-order valence-electron chi connectivity index (χ4n) is 3.35. The third-order valence-corrected chi connectivity index (χ3v) is 5.85. The summed E-state index contributed by atoms with van der Waals surface area (Å²) in [6.07, 6.45) is 0.850. The van der Waals surface area contributed by atoms with Gasteiger partial charge in [0.1, 0.15) is 17.3 Å². The van der Waals surface area contributed by atoms with E-state index in [1.165, 1.54) is 23.1 Å². The lowest BCUT2D eigenvalue weighted by molar-refractivity contribution is -0.147. The highest BCUT2D eigenvalue weighted by Gasteiger charge is 2.53. The smallest absolute Gasteiger partial charge is 0.270 e. The van der Waals surface area contributed by atoms with Gasteiger partial charge in [0.2, 0.25) is 5.60 Å². The van der Waals surface area contributed by atoms with Crippen LogP contribution in [0.2, 0.25) is 0 Å². The molecule has 1 amide bonds. The van der Waals surface area contributed by atoms with Gasteiger partial charge in [0.05, 0.1) is 11.4 Å². The molecule has 0 saturated carbocycles. The predicted molar refractivity (Wildman–Crippen MR) is 90.4 cm³/mol. The summed E-state index contributed by atoms with van der Waals surface area (Å²) in [5, 5.41) is 6.11. The highest BCUT2D eigenvalue weighted by Crippen LogP contribution is 2.38. The van der Waals surface area contributed by atoms with Crippen molar-refractivity contribution >= 4 is 23.0 Å². The minimum Gasteiger partial charge on any atom is -0.378 e. The standard InChI is InChI=1S/C18H16F2N2O2S/c1-11-5-8-25-16(11)15-9-18(24-21-15)6-7-22(17(18)23)10-12-13(19)3-2-4-14(12)20/h2-5,8H,6-7,9-10H2,1H3. The molecule has 1 fully saturated rings. The van der Waals surface area contributed by atoms with Gasteiger partial charge in [0.25, 0.3) is 5.91 Å². The van der Waals surface area contributed by atoms with Gasteiger partial charge in [0.15, 0.2) is 0 Å². The van der Waals surface area contributed by atoms with Crippen molar-refractivity contribution in [2.75, 3.05) is 6.54 Å². The zero-order valence-corrected chi connectivity index (χ0v) is 14.4. The maximum atomic E-state index is 13.9.